The maximum atomic E-state index is 6.77. The zero-order chi connectivity index (χ0) is 40.9. The lowest BCUT2D eigenvalue weighted by molar-refractivity contribution is 0.669. The first kappa shape index (κ1) is 37.2. The topological polar surface area (TPSA) is 51.8 Å². The highest BCUT2D eigenvalue weighted by molar-refractivity contribution is 6.68. The van der Waals surface area contributed by atoms with Crippen LogP contribution < -0.4 is 27.3 Å². The lowest BCUT2D eigenvalue weighted by atomic mass is 9.59. The van der Waals surface area contributed by atoms with E-state index in [2.05, 4.69) is 167 Å². The third kappa shape index (κ3) is 6.66. The van der Waals surface area contributed by atoms with Crippen molar-refractivity contribution in [2.24, 2.45) is 0 Å². The van der Waals surface area contributed by atoms with E-state index in [-0.39, 0.29) is 0 Å². The molecule has 0 atom stereocenters. The van der Waals surface area contributed by atoms with Crippen LogP contribution in [0, 0.1) is 0 Å². The van der Waals surface area contributed by atoms with Gasteiger partial charge >= 0.3 is 0 Å². The summed E-state index contributed by atoms with van der Waals surface area (Å²) < 4.78 is 6.77. The predicted octanol–water partition coefficient (Wildman–Crippen LogP) is 4.73. The fraction of sp³-hybridized carbons (Fsp3) is 0. The van der Waals surface area contributed by atoms with E-state index in [1.54, 1.807) is 0 Å². The number of hydrogen-bond acceptors (Lipinski definition) is 4. The summed E-state index contributed by atoms with van der Waals surface area (Å²) in [5.74, 6) is 1.79. The minimum absolute atomic E-state index is 0.566. The number of benzene rings is 8. The first-order valence-electron chi connectivity index (χ1n) is 20.5. The van der Waals surface area contributed by atoms with Crippen LogP contribution in [0.15, 0.2) is 174 Å². The lowest BCUT2D eigenvalue weighted by Gasteiger charge is -2.20. The summed E-state index contributed by atoms with van der Waals surface area (Å²) in [6.07, 6.45) is 0. The molecular formula is C51H38B5N3O. The van der Waals surface area contributed by atoms with Crippen molar-refractivity contribution in [2.45, 2.75) is 0 Å². The van der Waals surface area contributed by atoms with Crippen molar-refractivity contribution in [3.63, 3.8) is 0 Å². The molecule has 0 aliphatic heterocycles. The molecule has 0 unspecified atom stereocenters. The maximum absolute atomic E-state index is 6.77. The van der Waals surface area contributed by atoms with Gasteiger partial charge in [0.2, 0.25) is 0 Å². The molecule has 10 aromatic rings. The first-order chi connectivity index (χ1) is 29.3. The number of para-hydroxylation sites is 1. The van der Waals surface area contributed by atoms with Gasteiger partial charge in [-0.15, -0.1) is 16.4 Å². The molecule has 4 nitrogen and oxygen atoms in total. The van der Waals surface area contributed by atoms with Gasteiger partial charge in [0.05, 0.1) is 5.56 Å². The number of fused-ring (bicyclic) bond motifs is 3. The summed E-state index contributed by atoms with van der Waals surface area (Å²) in [5, 5.41) is 2.06. The molecule has 0 saturated heterocycles. The van der Waals surface area contributed by atoms with Crippen molar-refractivity contribution < 1.29 is 4.42 Å². The third-order valence-electron chi connectivity index (χ3n) is 12.4. The summed E-state index contributed by atoms with van der Waals surface area (Å²) >= 11 is 0. The number of aromatic nitrogens is 3. The summed E-state index contributed by atoms with van der Waals surface area (Å²) in [7, 11) is 11.1. The van der Waals surface area contributed by atoms with Crippen LogP contribution in [0.5, 0.6) is 0 Å². The number of rotatable bonds is 7. The number of furan rings is 1. The molecule has 9 heteroatoms. The van der Waals surface area contributed by atoms with Gasteiger partial charge in [-0.25, -0.2) is 15.0 Å². The zero-order valence-electron chi connectivity index (χ0n) is 34.4. The average Bonchev–Trinajstić information content (AvgIpc) is 3.69. The van der Waals surface area contributed by atoms with Gasteiger partial charge in [-0.2, -0.15) is 0 Å². The lowest BCUT2D eigenvalue weighted by Crippen LogP contribution is -2.55. The van der Waals surface area contributed by atoms with Crippen LogP contribution in [-0.4, -0.2) is 54.2 Å². The van der Waals surface area contributed by atoms with E-state index >= 15 is 0 Å². The van der Waals surface area contributed by atoms with E-state index in [1.165, 1.54) is 55.1 Å². The Bertz CT molecular complexity index is 3210. The summed E-state index contributed by atoms with van der Waals surface area (Å²) in [4.78, 5) is 15.4. The molecule has 2 aromatic heterocycles. The molecule has 0 aliphatic rings. The molecule has 0 saturated carbocycles. The van der Waals surface area contributed by atoms with Crippen LogP contribution in [0.4, 0.5) is 0 Å². The Morgan fingerprint density at radius 1 is 0.317 bits per heavy atom. The van der Waals surface area contributed by atoms with Crippen molar-refractivity contribution in [3.05, 3.63) is 170 Å². The van der Waals surface area contributed by atoms with E-state index in [0.717, 1.165) is 55.3 Å². The summed E-state index contributed by atoms with van der Waals surface area (Å²) in [6, 6.07) is 59.4. The van der Waals surface area contributed by atoms with E-state index in [9.17, 15) is 0 Å². The highest BCUT2D eigenvalue weighted by Crippen LogP contribution is 2.38. The van der Waals surface area contributed by atoms with Gasteiger partial charge in [0.15, 0.2) is 17.5 Å². The highest BCUT2D eigenvalue weighted by Gasteiger charge is 2.19. The van der Waals surface area contributed by atoms with Gasteiger partial charge < -0.3 is 4.42 Å². The molecule has 2 heterocycles. The fourth-order valence-corrected chi connectivity index (χ4v) is 8.58. The second kappa shape index (κ2) is 15.2. The van der Waals surface area contributed by atoms with Gasteiger partial charge in [0, 0.05) is 21.9 Å². The van der Waals surface area contributed by atoms with Crippen LogP contribution in [0.2, 0.25) is 0 Å². The Hall–Kier alpha value is -7.11. The molecule has 0 amide bonds. The molecule has 0 aliphatic carbocycles. The van der Waals surface area contributed by atoms with E-state index < -0.39 is 0 Å². The van der Waals surface area contributed by atoms with Gasteiger partial charge in [-0.3, -0.25) is 0 Å². The van der Waals surface area contributed by atoms with Crippen LogP contribution >= 0.6 is 0 Å². The van der Waals surface area contributed by atoms with Crippen molar-refractivity contribution in [1.82, 2.24) is 15.0 Å². The van der Waals surface area contributed by atoms with E-state index in [1.807, 2.05) is 42.5 Å². The highest BCUT2D eigenvalue weighted by atomic mass is 16.3. The van der Waals surface area contributed by atoms with E-state index in [0.29, 0.717) is 17.5 Å². The van der Waals surface area contributed by atoms with Crippen LogP contribution in [0.25, 0.3) is 101 Å². The van der Waals surface area contributed by atoms with E-state index in [4.69, 9.17) is 19.4 Å². The van der Waals surface area contributed by atoms with Crippen molar-refractivity contribution in [2.75, 3.05) is 0 Å². The van der Waals surface area contributed by atoms with Gasteiger partial charge in [-0.1, -0.05) is 157 Å². The second-order valence-electron chi connectivity index (χ2n) is 15.8. The Balaban J connectivity index is 1.03. The van der Waals surface area contributed by atoms with Crippen LogP contribution in [-0.2, 0) is 0 Å². The zero-order valence-corrected chi connectivity index (χ0v) is 34.4. The summed E-state index contributed by atoms with van der Waals surface area (Å²) in [5.41, 5.74) is 20.3. The molecule has 0 fully saturated rings. The molecule has 60 heavy (non-hydrogen) atoms. The number of nitrogens with zero attached hydrogens (tertiary/aromatic N) is 3. The van der Waals surface area contributed by atoms with Crippen molar-refractivity contribution in [3.8, 4) is 78.7 Å². The summed E-state index contributed by atoms with van der Waals surface area (Å²) in [6.45, 7) is 0. The monoisotopic (exact) mass is 763 g/mol. The minimum atomic E-state index is 0.566. The molecule has 10 rings (SSSR count). The van der Waals surface area contributed by atoms with Crippen molar-refractivity contribution in [1.29, 1.82) is 0 Å². The quantitative estimate of drug-likeness (QED) is 0.221. The first-order valence-corrected chi connectivity index (χ1v) is 20.5. The number of hydrogen-bond donors (Lipinski definition) is 0. The van der Waals surface area contributed by atoms with Gasteiger partial charge in [0.1, 0.15) is 50.4 Å². The SMILES string of the molecule is Bc1c(B)c(B)c(-c2cccc(-c3nc(-c4ccccc4)nc(-c4cccc5c4oc4cc(-c6ccc(-c7ccc(-c8ccccc8)cc7)cc6)ccc45)n3)c2)c(B)c1B. The average molecular weight is 763 g/mol. The van der Waals surface area contributed by atoms with Crippen molar-refractivity contribution >= 4 is 88.5 Å². The Labute approximate surface area is 354 Å². The molecule has 278 valence electrons. The van der Waals surface area contributed by atoms with Gasteiger partial charge in [-0.05, 0) is 68.8 Å². The van der Waals surface area contributed by atoms with Crippen LogP contribution in [0.1, 0.15) is 0 Å². The maximum Gasteiger partial charge on any atom is 0.167 e. The smallest absolute Gasteiger partial charge is 0.167 e. The third-order valence-corrected chi connectivity index (χ3v) is 12.4. The molecular weight excluding hydrogens is 725 g/mol. The predicted molar refractivity (Wildman–Crippen MR) is 266 cm³/mol. The second-order valence-corrected chi connectivity index (χ2v) is 15.8. The molecule has 0 bridgehead atoms. The molecule has 0 radical (unpaired) electrons. The Kier molecular flexibility index (Phi) is 9.45. The fourth-order valence-electron chi connectivity index (χ4n) is 8.58. The Morgan fingerprint density at radius 2 is 0.767 bits per heavy atom. The Morgan fingerprint density at radius 3 is 1.38 bits per heavy atom. The molecule has 8 aromatic carbocycles. The minimum Gasteiger partial charge on any atom is -0.455 e. The largest absolute Gasteiger partial charge is 0.455 e. The van der Waals surface area contributed by atoms with Gasteiger partial charge in [0.25, 0.3) is 0 Å². The molecule has 0 spiro atoms. The van der Waals surface area contributed by atoms with Crippen LogP contribution in [0.3, 0.4) is 0 Å². The normalized spacial score (nSPS) is 11.3. The molecule has 0 N–H and O–H groups in total. The standard InChI is InChI=1S/C51H38B5N3O/c52-43-42(44(53)46(55)47(56)45(43)54)36-13-7-14-37(27-36)50-57-49(34-11-5-2-6-12-34)58-51(59-50)40-16-8-15-39-38-26-25-35(28-41(38)60-48(39)40)33-23-21-32(22-24-33)31-19-17-30(18-20-31)29-9-3-1-4-10-29/h1-28H,52-56H2.